The lowest BCUT2D eigenvalue weighted by Gasteiger charge is -2.11. The van der Waals surface area contributed by atoms with E-state index >= 15 is 0 Å². The fraction of sp³-hybridized carbons (Fsp3) is 0.800. The van der Waals surface area contributed by atoms with Gasteiger partial charge < -0.3 is 5.73 Å². The number of hydrogen-bond donors (Lipinski definition) is 2. The second-order valence-electron chi connectivity index (χ2n) is 3.73. The van der Waals surface area contributed by atoms with Crippen molar-refractivity contribution >= 4 is 17.7 Å². The van der Waals surface area contributed by atoms with Gasteiger partial charge in [0.2, 0.25) is 11.1 Å². The summed E-state index contributed by atoms with van der Waals surface area (Å²) >= 11 is 1.69. The highest BCUT2D eigenvalue weighted by atomic mass is 32.2. The van der Waals surface area contributed by atoms with Gasteiger partial charge in [0.25, 0.3) is 0 Å². The molecule has 0 aliphatic heterocycles. The van der Waals surface area contributed by atoms with Crippen molar-refractivity contribution in [3.63, 3.8) is 0 Å². The molecule has 0 fully saturated rings. The Kier molecular flexibility index (Phi) is 5.53. The molecule has 5 heteroatoms. The molecule has 1 rings (SSSR count). The Morgan fingerprint density at radius 3 is 2.80 bits per heavy atom. The molecule has 86 valence electrons. The first-order valence-electron chi connectivity index (χ1n) is 5.56. The minimum atomic E-state index is 0.402. The average molecular weight is 228 g/mol. The Morgan fingerprint density at radius 2 is 2.27 bits per heavy atom. The Hall–Kier alpha value is -0.710. The van der Waals surface area contributed by atoms with Gasteiger partial charge in [-0.25, -0.2) is 5.10 Å². The first-order chi connectivity index (χ1) is 7.26. The van der Waals surface area contributed by atoms with Gasteiger partial charge in [0.15, 0.2) is 0 Å². The zero-order valence-electron chi connectivity index (χ0n) is 9.49. The molecule has 0 saturated heterocycles. The minimum absolute atomic E-state index is 0.402. The molecule has 4 nitrogen and oxygen atoms in total. The maximum absolute atomic E-state index is 5.46. The van der Waals surface area contributed by atoms with Crippen LogP contribution in [-0.4, -0.2) is 20.9 Å². The second-order valence-corrected chi connectivity index (χ2v) is 4.72. The van der Waals surface area contributed by atoms with Crippen LogP contribution in [0, 0.1) is 5.92 Å². The average Bonchev–Trinajstić information content (AvgIpc) is 2.65. The molecule has 0 bridgehead atoms. The van der Waals surface area contributed by atoms with E-state index in [0.29, 0.717) is 5.95 Å². The van der Waals surface area contributed by atoms with Crippen molar-refractivity contribution in [2.24, 2.45) is 5.92 Å². The Balaban J connectivity index is 2.27. The summed E-state index contributed by atoms with van der Waals surface area (Å²) in [6.45, 7) is 4.48. The van der Waals surface area contributed by atoms with Crippen LogP contribution in [0.25, 0.3) is 0 Å². The van der Waals surface area contributed by atoms with E-state index in [0.717, 1.165) is 16.8 Å². The molecule has 0 radical (unpaired) electrons. The maximum Gasteiger partial charge on any atom is 0.216 e. The number of nitrogens with zero attached hydrogens (tertiary/aromatic N) is 2. The van der Waals surface area contributed by atoms with Gasteiger partial charge in [-0.1, -0.05) is 44.9 Å². The summed E-state index contributed by atoms with van der Waals surface area (Å²) in [5.41, 5.74) is 5.46. The van der Waals surface area contributed by atoms with Crippen LogP contribution in [0.5, 0.6) is 0 Å². The molecule has 0 aliphatic carbocycles. The normalized spacial score (nSPS) is 12.9. The van der Waals surface area contributed by atoms with Gasteiger partial charge in [-0.2, -0.15) is 4.98 Å². The number of nitrogens with two attached hydrogens (primary N) is 1. The molecule has 0 saturated carbocycles. The van der Waals surface area contributed by atoms with E-state index in [1.54, 1.807) is 11.8 Å². The molecule has 1 atom stereocenters. The number of hydrogen-bond acceptors (Lipinski definition) is 4. The number of aromatic amines is 1. The predicted octanol–water partition coefficient (Wildman–Crippen LogP) is 2.70. The molecule has 1 unspecified atom stereocenters. The summed E-state index contributed by atoms with van der Waals surface area (Å²) < 4.78 is 0. The van der Waals surface area contributed by atoms with Crippen molar-refractivity contribution in [2.75, 3.05) is 11.5 Å². The van der Waals surface area contributed by atoms with Crippen LogP contribution in [0.4, 0.5) is 5.95 Å². The molecular formula is C10H20N4S. The van der Waals surface area contributed by atoms with Crippen molar-refractivity contribution in [2.45, 2.75) is 44.7 Å². The fourth-order valence-electron chi connectivity index (χ4n) is 1.41. The van der Waals surface area contributed by atoms with Crippen molar-refractivity contribution in [1.29, 1.82) is 0 Å². The lowest BCUT2D eigenvalue weighted by molar-refractivity contribution is 0.499. The van der Waals surface area contributed by atoms with Crippen molar-refractivity contribution in [3.05, 3.63) is 0 Å². The fourth-order valence-corrected chi connectivity index (χ4v) is 2.47. The summed E-state index contributed by atoms with van der Waals surface area (Å²) in [5.74, 6) is 2.27. The van der Waals surface area contributed by atoms with Crippen LogP contribution in [0.2, 0.25) is 0 Å². The molecule has 0 aromatic carbocycles. The highest BCUT2D eigenvalue weighted by Gasteiger charge is 2.08. The smallest absolute Gasteiger partial charge is 0.216 e. The zero-order valence-corrected chi connectivity index (χ0v) is 10.3. The quantitative estimate of drug-likeness (QED) is 0.704. The van der Waals surface area contributed by atoms with E-state index in [-0.39, 0.29) is 0 Å². The maximum atomic E-state index is 5.46. The summed E-state index contributed by atoms with van der Waals surface area (Å²) in [5, 5.41) is 7.42. The van der Waals surface area contributed by atoms with Gasteiger partial charge in [-0.3, -0.25) is 0 Å². The van der Waals surface area contributed by atoms with Gasteiger partial charge in [0.1, 0.15) is 0 Å². The standard InChI is InChI=1S/C10H20N4S/c1-3-5-6-8(4-2)7-15-10-12-9(11)13-14-10/h8H,3-7H2,1-2H3,(H3,11,12,13,14). The highest BCUT2D eigenvalue weighted by molar-refractivity contribution is 7.99. The third-order valence-corrected chi connectivity index (χ3v) is 3.55. The molecular weight excluding hydrogens is 208 g/mol. The lowest BCUT2D eigenvalue weighted by Crippen LogP contribution is -2.02. The van der Waals surface area contributed by atoms with Crippen LogP contribution < -0.4 is 5.73 Å². The van der Waals surface area contributed by atoms with Gasteiger partial charge >= 0.3 is 0 Å². The molecule has 1 aromatic heterocycles. The Bertz CT molecular complexity index is 274. The Morgan fingerprint density at radius 1 is 1.47 bits per heavy atom. The highest BCUT2D eigenvalue weighted by Crippen LogP contribution is 2.22. The number of nitrogen functional groups attached to an aromatic ring is 1. The predicted molar refractivity (Wildman–Crippen MR) is 64.8 cm³/mol. The first-order valence-corrected chi connectivity index (χ1v) is 6.55. The summed E-state index contributed by atoms with van der Waals surface area (Å²) in [6, 6.07) is 0. The largest absolute Gasteiger partial charge is 0.368 e. The SMILES string of the molecule is CCCCC(CC)CSc1n[nH]c(N)n1. The third-order valence-electron chi connectivity index (χ3n) is 2.47. The monoisotopic (exact) mass is 228 g/mol. The van der Waals surface area contributed by atoms with Gasteiger partial charge in [0.05, 0.1) is 0 Å². The van der Waals surface area contributed by atoms with E-state index in [9.17, 15) is 0 Å². The van der Waals surface area contributed by atoms with Crippen molar-refractivity contribution in [3.8, 4) is 0 Å². The number of nitrogens with one attached hydrogen (secondary N) is 1. The number of anilines is 1. The summed E-state index contributed by atoms with van der Waals surface area (Å²) in [4.78, 5) is 4.07. The van der Waals surface area contributed by atoms with E-state index < -0.39 is 0 Å². The molecule has 3 N–H and O–H groups in total. The van der Waals surface area contributed by atoms with Gasteiger partial charge in [-0.15, -0.1) is 5.10 Å². The number of rotatable bonds is 7. The van der Waals surface area contributed by atoms with E-state index in [1.165, 1.54) is 25.7 Å². The van der Waals surface area contributed by atoms with Crippen LogP contribution in [-0.2, 0) is 0 Å². The zero-order chi connectivity index (χ0) is 11.1. The summed E-state index contributed by atoms with van der Waals surface area (Å²) in [7, 11) is 0. The lowest BCUT2D eigenvalue weighted by atomic mass is 10.0. The van der Waals surface area contributed by atoms with E-state index in [4.69, 9.17) is 5.73 Å². The van der Waals surface area contributed by atoms with E-state index in [2.05, 4.69) is 29.0 Å². The number of aromatic nitrogens is 3. The number of H-pyrrole nitrogens is 1. The van der Waals surface area contributed by atoms with Crippen molar-refractivity contribution in [1.82, 2.24) is 15.2 Å². The number of unbranched alkanes of at least 4 members (excludes halogenated alkanes) is 1. The topological polar surface area (TPSA) is 67.6 Å². The Labute approximate surface area is 95.4 Å². The first kappa shape index (κ1) is 12.4. The van der Waals surface area contributed by atoms with Gasteiger partial charge in [-0.05, 0) is 12.3 Å². The molecule has 15 heavy (non-hydrogen) atoms. The van der Waals surface area contributed by atoms with E-state index in [1.807, 2.05) is 0 Å². The molecule has 0 aliphatic rings. The number of thioether (sulfide) groups is 1. The second kappa shape index (κ2) is 6.71. The molecule has 0 amide bonds. The van der Waals surface area contributed by atoms with Crippen molar-refractivity contribution < 1.29 is 0 Å². The van der Waals surface area contributed by atoms with Crippen LogP contribution in [0.1, 0.15) is 39.5 Å². The molecule has 1 aromatic rings. The van der Waals surface area contributed by atoms with Gasteiger partial charge in [0, 0.05) is 5.75 Å². The third kappa shape index (κ3) is 4.55. The van der Waals surface area contributed by atoms with Crippen LogP contribution in [0.15, 0.2) is 5.16 Å². The minimum Gasteiger partial charge on any atom is -0.368 e. The molecule has 0 spiro atoms. The molecule has 1 heterocycles. The van der Waals surface area contributed by atoms with Crippen LogP contribution >= 0.6 is 11.8 Å². The summed E-state index contributed by atoms with van der Waals surface area (Å²) in [6.07, 6.45) is 5.12. The van der Waals surface area contributed by atoms with Crippen LogP contribution in [0.3, 0.4) is 0 Å².